The lowest BCUT2D eigenvalue weighted by atomic mass is 9.89. The van der Waals surface area contributed by atoms with E-state index in [4.69, 9.17) is 0 Å². The van der Waals surface area contributed by atoms with Crippen molar-refractivity contribution in [1.82, 2.24) is 10.2 Å². The average molecular weight is 278 g/mol. The quantitative estimate of drug-likeness (QED) is 0.905. The van der Waals surface area contributed by atoms with Gasteiger partial charge in [0.15, 0.2) is 0 Å². The van der Waals surface area contributed by atoms with Crippen molar-refractivity contribution in [3.63, 3.8) is 0 Å². The Bertz CT molecular complexity index is 420. The minimum Gasteiger partial charge on any atom is -0.310 e. The van der Waals surface area contributed by atoms with Gasteiger partial charge in [0, 0.05) is 29.5 Å². The molecule has 2 unspecified atom stereocenters. The van der Waals surface area contributed by atoms with Gasteiger partial charge in [-0.05, 0) is 56.2 Å². The van der Waals surface area contributed by atoms with Crippen molar-refractivity contribution in [3.8, 4) is 0 Å². The highest BCUT2D eigenvalue weighted by Gasteiger charge is 2.36. The molecule has 1 aromatic rings. The summed E-state index contributed by atoms with van der Waals surface area (Å²) in [6.45, 7) is 8.39. The summed E-state index contributed by atoms with van der Waals surface area (Å²) in [4.78, 5) is 4.33. The zero-order valence-electron chi connectivity index (χ0n) is 12.2. The number of rotatable bonds is 4. The summed E-state index contributed by atoms with van der Waals surface area (Å²) in [6.07, 6.45) is 6.58. The molecule has 0 aromatic carbocycles. The van der Waals surface area contributed by atoms with Gasteiger partial charge in [0.2, 0.25) is 0 Å². The molecular weight excluding hydrogens is 252 g/mol. The van der Waals surface area contributed by atoms with Crippen LogP contribution in [0, 0.1) is 0 Å². The lowest BCUT2D eigenvalue weighted by Crippen LogP contribution is -2.51. The van der Waals surface area contributed by atoms with E-state index in [0.717, 1.165) is 0 Å². The Morgan fingerprint density at radius 2 is 2.42 bits per heavy atom. The molecule has 3 heterocycles. The molecule has 19 heavy (non-hydrogen) atoms. The third-order valence-corrected chi connectivity index (χ3v) is 5.97. The van der Waals surface area contributed by atoms with Gasteiger partial charge in [-0.1, -0.05) is 13.3 Å². The second kappa shape index (κ2) is 5.55. The van der Waals surface area contributed by atoms with Crippen molar-refractivity contribution in [1.29, 1.82) is 0 Å². The second-order valence-electron chi connectivity index (χ2n) is 6.26. The molecule has 1 aromatic heterocycles. The van der Waals surface area contributed by atoms with Gasteiger partial charge < -0.3 is 5.32 Å². The Morgan fingerprint density at radius 1 is 1.53 bits per heavy atom. The first-order valence-corrected chi connectivity index (χ1v) is 8.67. The Labute approximate surface area is 121 Å². The fourth-order valence-corrected chi connectivity index (χ4v) is 4.90. The highest BCUT2D eigenvalue weighted by atomic mass is 32.1. The zero-order valence-corrected chi connectivity index (χ0v) is 13.1. The summed E-state index contributed by atoms with van der Waals surface area (Å²) in [5.41, 5.74) is 1.98. The van der Waals surface area contributed by atoms with E-state index >= 15 is 0 Å². The molecule has 1 saturated heterocycles. The first-order valence-electron chi connectivity index (χ1n) is 7.79. The van der Waals surface area contributed by atoms with Crippen molar-refractivity contribution in [2.24, 2.45) is 0 Å². The van der Waals surface area contributed by atoms with Gasteiger partial charge in [0.1, 0.15) is 0 Å². The molecule has 2 nitrogen and oxygen atoms in total. The first kappa shape index (κ1) is 13.6. The molecule has 2 aliphatic rings. The van der Waals surface area contributed by atoms with Crippen LogP contribution in [0.5, 0.6) is 0 Å². The van der Waals surface area contributed by atoms with Gasteiger partial charge in [-0.2, -0.15) is 0 Å². The minimum atomic E-state index is 0.399. The maximum atomic E-state index is 3.82. The van der Waals surface area contributed by atoms with Crippen molar-refractivity contribution in [3.05, 3.63) is 21.9 Å². The van der Waals surface area contributed by atoms with Gasteiger partial charge >= 0.3 is 0 Å². The highest BCUT2D eigenvalue weighted by Crippen LogP contribution is 2.35. The third kappa shape index (κ3) is 2.61. The van der Waals surface area contributed by atoms with E-state index in [1.165, 1.54) is 51.7 Å². The van der Waals surface area contributed by atoms with Crippen LogP contribution in [-0.2, 0) is 6.42 Å². The molecule has 2 aliphatic heterocycles. The Morgan fingerprint density at radius 3 is 3.16 bits per heavy atom. The van der Waals surface area contributed by atoms with Gasteiger partial charge in [0.05, 0.1) is 0 Å². The van der Waals surface area contributed by atoms with Crippen LogP contribution in [0.3, 0.4) is 0 Å². The van der Waals surface area contributed by atoms with E-state index < -0.39 is 0 Å². The number of nitrogens with zero attached hydrogens (tertiary/aromatic N) is 1. The van der Waals surface area contributed by atoms with Crippen molar-refractivity contribution in [2.45, 2.75) is 57.5 Å². The molecule has 1 N–H and O–H groups in total. The molecule has 0 radical (unpaired) electrons. The lowest BCUT2D eigenvalue weighted by Gasteiger charge is -2.41. The number of nitrogens with one attached hydrogen (secondary N) is 1. The summed E-state index contributed by atoms with van der Waals surface area (Å²) < 4.78 is 0. The number of hydrogen-bond acceptors (Lipinski definition) is 3. The number of hydrogen-bond donors (Lipinski definition) is 1. The maximum Gasteiger partial charge on any atom is 0.0331 e. The smallest absolute Gasteiger partial charge is 0.0331 e. The molecule has 0 saturated carbocycles. The Hall–Kier alpha value is -0.380. The van der Waals surface area contributed by atoms with Crippen LogP contribution in [0.4, 0.5) is 0 Å². The standard InChI is InChI=1S/C16H26N2S/c1-3-7-16(8-4-9-17-16)12-18-10-5-15-14(13(18)2)6-11-19-15/h6,11,13,17H,3-5,7-10,12H2,1-2H3. The van der Waals surface area contributed by atoms with E-state index in [0.29, 0.717) is 11.6 Å². The first-order chi connectivity index (χ1) is 9.24. The Balaban J connectivity index is 1.73. The molecule has 3 rings (SSSR count). The lowest BCUT2D eigenvalue weighted by molar-refractivity contribution is 0.136. The predicted molar refractivity (Wildman–Crippen MR) is 82.9 cm³/mol. The molecule has 0 bridgehead atoms. The summed E-state index contributed by atoms with van der Waals surface area (Å²) in [5.74, 6) is 0. The highest BCUT2D eigenvalue weighted by molar-refractivity contribution is 7.10. The fourth-order valence-electron chi connectivity index (χ4n) is 3.94. The monoisotopic (exact) mass is 278 g/mol. The van der Waals surface area contributed by atoms with Crippen LogP contribution in [-0.4, -0.2) is 30.1 Å². The second-order valence-corrected chi connectivity index (χ2v) is 7.26. The third-order valence-electron chi connectivity index (χ3n) is 4.97. The SMILES string of the molecule is CCCC1(CN2CCc3sccc3C2C)CCCN1. The van der Waals surface area contributed by atoms with E-state index in [-0.39, 0.29) is 0 Å². The molecule has 3 heteroatoms. The molecule has 0 aliphatic carbocycles. The summed E-state index contributed by atoms with van der Waals surface area (Å²) in [5, 5.41) is 6.08. The average Bonchev–Trinajstić information content (AvgIpc) is 3.03. The van der Waals surface area contributed by atoms with Crippen LogP contribution in [0.1, 0.15) is 56.0 Å². The largest absolute Gasteiger partial charge is 0.310 e. The van der Waals surface area contributed by atoms with E-state index in [1.54, 1.807) is 10.4 Å². The van der Waals surface area contributed by atoms with E-state index in [2.05, 4.69) is 35.5 Å². The van der Waals surface area contributed by atoms with E-state index in [9.17, 15) is 0 Å². The van der Waals surface area contributed by atoms with Crippen molar-refractivity contribution in [2.75, 3.05) is 19.6 Å². The van der Waals surface area contributed by atoms with Gasteiger partial charge in [-0.3, -0.25) is 4.90 Å². The molecule has 0 spiro atoms. The molecule has 2 atom stereocenters. The molecular formula is C16H26N2S. The summed E-state index contributed by atoms with van der Waals surface area (Å²) >= 11 is 1.94. The number of thiophene rings is 1. The normalized spacial score (nSPS) is 31.6. The summed E-state index contributed by atoms with van der Waals surface area (Å²) in [6, 6.07) is 2.94. The molecule has 106 valence electrons. The van der Waals surface area contributed by atoms with Crippen molar-refractivity contribution < 1.29 is 0 Å². The van der Waals surface area contributed by atoms with Crippen LogP contribution >= 0.6 is 11.3 Å². The minimum absolute atomic E-state index is 0.399. The van der Waals surface area contributed by atoms with Crippen LogP contribution in [0.25, 0.3) is 0 Å². The zero-order chi connectivity index (χ0) is 13.3. The van der Waals surface area contributed by atoms with Crippen LogP contribution in [0.2, 0.25) is 0 Å². The molecule has 1 fully saturated rings. The van der Waals surface area contributed by atoms with Crippen LogP contribution in [0.15, 0.2) is 11.4 Å². The van der Waals surface area contributed by atoms with Gasteiger partial charge in [0.25, 0.3) is 0 Å². The number of fused-ring (bicyclic) bond motifs is 1. The summed E-state index contributed by atoms with van der Waals surface area (Å²) in [7, 11) is 0. The topological polar surface area (TPSA) is 15.3 Å². The van der Waals surface area contributed by atoms with E-state index in [1.807, 2.05) is 11.3 Å². The van der Waals surface area contributed by atoms with Gasteiger partial charge in [-0.15, -0.1) is 11.3 Å². The van der Waals surface area contributed by atoms with Crippen molar-refractivity contribution >= 4 is 11.3 Å². The van der Waals surface area contributed by atoms with Crippen LogP contribution < -0.4 is 5.32 Å². The molecule has 0 amide bonds. The predicted octanol–water partition coefficient (Wildman–Crippen LogP) is 3.59. The van der Waals surface area contributed by atoms with Gasteiger partial charge in [-0.25, -0.2) is 0 Å². The fraction of sp³-hybridized carbons (Fsp3) is 0.750. The maximum absolute atomic E-state index is 3.82. The Kier molecular flexibility index (Phi) is 3.97.